The molecule has 1 amide bonds. The van der Waals surface area contributed by atoms with E-state index in [4.69, 9.17) is 12.2 Å². The predicted octanol–water partition coefficient (Wildman–Crippen LogP) is 2.48. The maximum Gasteiger partial charge on any atom is 0.270 e. The summed E-state index contributed by atoms with van der Waals surface area (Å²) in [5, 5.41) is 9.50. The van der Waals surface area contributed by atoms with Crippen molar-refractivity contribution in [3.8, 4) is 6.07 Å². The van der Waals surface area contributed by atoms with Crippen LogP contribution in [0.15, 0.2) is 9.70 Å². The summed E-state index contributed by atoms with van der Waals surface area (Å²) in [5.74, 6) is 0.646. The third-order valence-electron chi connectivity index (χ3n) is 4.83. The number of aromatic nitrogens is 1. The normalized spacial score (nSPS) is 18.9. The summed E-state index contributed by atoms with van der Waals surface area (Å²) < 4.78 is 2.15. The molecule has 0 N–H and O–H groups in total. The highest BCUT2D eigenvalue weighted by Crippen LogP contribution is 2.35. The first-order chi connectivity index (χ1) is 12.4. The van der Waals surface area contributed by atoms with E-state index in [0.29, 0.717) is 21.3 Å². The van der Waals surface area contributed by atoms with Gasteiger partial charge in [0.05, 0.1) is 4.91 Å². The zero-order valence-electron chi connectivity index (χ0n) is 15.0. The lowest BCUT2D eigenvalue weighted by molar-refractivity contribution is -0.121. The van der Waals surface area contributed by atoms with Gasteiger partial charge >= 0.3 is 0 Å². The maximum atomic E-state index is 12.8. The lowest BCUT2D eigenvalue weighted by atomic mass is 10.0. The van der Waals surface area contributed by atoms with E-state index in [2.05, 4.69) is 4.90 Å². The third-order valence-corrected chi connectivity index (χ3v) is 6.31. The fourth-order valence-corrected chi connectivity index (χ4v) is 4.55. The Morgan fingerprint density at radius 3 is 2.46 bits per heavy atom. The number of thiocarbonyl (C=S) groups is 1. The molecule has 0 bridgehead atoms. The van der Waals surface area contributed by atoms with Crippen molar-refractivity contribution in [2.75, 3.05) is 25.0 Å². The number of amides is 1. The van der Waals surface area contributed by atoms with E-state index in [-0.39, 0.29) is 17.0 Å². The molecule has 8 heteroatoms. The number of pyridine rings is 1. The molecule has 6 nitrogen and oxygen atoms in total. The summed E-state index contributed by atoms with van der Waals surface area (Å²) in [6, 6.07) is 2.04. The molecule has 0 aliphatic carbocycles. The number of carbonyl (C=O) groups is 1. The average molecular weight is 389 g/mol. The fraction of sp³-hybridized carbons (Fsp3) is 0.444. The van der Waals surface area contributed by atoms with Crippen LogP contribution in [0.1, 0.15) is 36.5 Å². The molecule has 2 fully saturated rings. The zero-order chi connectivity index (χ0) is 19.0. The van der Waals surface area contributed by atoms with Crippen LogP contribution in [0.2, 0.25) is 0 Å². The quantitative estimate of drug-likeness (QED) is 0.585. The van der Waals surface area contributed by atoms with Crippen molar-refractivity contribution in [2.45, 2.75) is 33.2 Å². The number of hydrogen-bond acceptors (Lipinski definition) is 6. The van der Waals surface area contributed by atoms with Gasteiger partial charge in [-0.15, -0.1) is 0 Å². The summed E-state index contributed by atoms with van der Waals surface area (Å²) in [4.78, 5) is 29.4. The van der Waals surface area contributed by atoms with Gasteiger partial charge < -0.3 is 4.90 Å². The summed E-state index contributed by atoms with van der Waals surface area (Å²) in [6.07, 6.45) is 3.92. The van der Waals surface area contributed by atoms with E-state index in [1.807, 2.05) is 13.0 Å². The number of nitrogens with zero attached hydrogens (tertiary/aromatic N) is 4. The molecule has 1 aromatic rings. The molecular weight excluding hydrogens is 368 g/mol. The number of hydrogen-bond donors (Lipinski definition) is 0. The summed E-state index contributed by atoms with van der Waals surface area (Å²) in [7, 11) is 1.65. The molecule has 0 saturated carbocycles. The van der Waals surface area contributed by atoms with Crippen LogP contribution >= 0.6 is 24.0 Å². The van der Waals surface area contributed by atoms with E-state index in [9.17, 15) is 14.9 Å². The molecule has 0 unspecified atom stereocenters. The summed E-state index contributed by atoms with van der Waals surface area (Å²) in [5.41, 5.74) is 1.24. The second kappa shape index (κ2) is 7.25. The Kier molecular flexibility index (Phi) is 5.21. The van der Waals surface area contributed by atoms with Gasteiger partial charge in [-0.2, -0.15) is 5.26 Å². The number of nitriles is 1. The molecule has 0 atom stereocenters. The largest absolute Gasteiger partial charge is 0.357 e. The van der Waals surface area contributed by atoms with Crippen LogP contribution in [0.25, 0.3) is 6.08 Å². The Hall–Kier alpha value is -2.11. The predicted molar refractivity (Wildman–Crippen MR) is 108 cm³/mol. The van der Waals surface area contributed by atoms with Crippen molar-refractivity contribution >= 4 is 46.1 Å². The second-order valence-corrected chi connectivity index (χ2v) is 8.01. The van der Waals surface area contributed by atoms with Crippen molar-refractivity contribution in [3.63, 3.8) is 0 Å². The monoisotopic (exact) mass is 388 g/mol. The van der Waals surface area contributed by atoms with Crippen molar-refractivity contribution in [2.24, 2.45) is 0 Å². The molecule has 26 heavy (non-hydrogen) atoms. The van der Waals surface area contributed by atoms with E-state index in [0.717, 1.165) is 37.3 Å². The summed E-state index contributed by atoms with van der Waals surface area (Å²) >= 11 is 6.46. The van der Waals surface area contributed by atoms with Gasteiger partial charge in [-0.05, 0) is 38.3 Å². The average Bonchev–Trinajstić information content (AvgIpc) is 3.23. The molecule has 0 radical (unpaired) electrons. The van der Waals surface area contributed by atoms with Gasteiger partial charge in [0.25, 0.3) is 11.5 Å². The second-order valence-electron chi connectivity index (χ2n) is 6.33. The van der Waals surface area contributed by atoms with E-state index in [1.165, 1.54) is 16.7 Å². The molecule has 3 rings (SSSR count). The van der Waals surface area contributed by atoms with Gasteiger partial charge in [0, 0.05) is 32.2 Å². The first-order valence-electron chi connectivity index (χ1n) is 8.54. The van der Waals surface area contributed by atoms with Crippen LogP contribution in [0.4, 0.5) is 5.82 Å². The van der Waals surface area contributed by atoms with Crippen LogP contribution in [0.3, 0.4) is 0 Å². The minimum Gasteiger partial charge on any atom is -0.357 e. The Bertz CT molecular complexity index is 921. The van der Waals surface area contributed by atoms with Crippen LogP contribution in [-0.4, -0.2) is 39.8 Å². The highest BCUT2D eigenvalue weighted by Gasteiger charge is 2.31. The van der Waals surface area contributed by atoms with E-state index >= 15 is 0 Å². The van der Waals surface area contributed by atoms with Gasteiger partial charge in [-0.1, -0.05) is 24.0 Å². The molecule has 2 aliphatic rings. The van der Waals surface area contributed by atoms with Gasteiger partial charge in [0.2, 0.25) is 0 Å². The number of carbonyl (C=O) groups excluding carboxylic acids is 1. The van der Waals surface area contributed by atoms with E-state index in [1.54, 1.807) is 24.6 Å². The van der Waals surface area contributed by atoms with Gasteiger partial charge in [-0.3, -0.25) is 19.1 Å². The lowest BCUT2D eigenvalue weighted by Gasteiger charge is -2.26. The van der Waals surface area contributed by atoms with Crippen molar-refractivity contribution in [1.82, 2.24) is 9.47 Å². The van der Waals surface area contributed by atoms with Gasteiger partial charge in [0.15, 0.2) is 0 Å². The number of likely N-dealkylation sites (N-methyl/N-ethyl adjacent to an activating group) is 1. The number of thioether (sulfide) groups is 1. The topological polar surface area (TPSA) is 69.3 Å². The molecule has 3 heterocycles. The zero-order valence-corrected chi connectivity index (χ0v) is 16.7. The first kappa shape index (κ1) is 18.7. The number of anilines is 1. The highest BCUT2D eigenvalue weighted by molar-refractivity contribution is 8.26. The van der Waals surface area contributed by atoms with E-state index < -0.39 is 0 Å². The minimum absolute atomic E-state index is 0.132. The molecular formula is C18H20N4O2S2. The fourth-order valence-electron chi connectivity index (χ4n) is 3.38. The lowest BCUT2D eigenvalue weighted by Crippen LogP contribution is -2.32. The van der Waals surface area contributed by atoms with Gasteiger partial charge in [-0.25, -0.2) is 0 Å². The van der Waals surface area contributed by atoms with Crippen LogP contribution in [-0.2, 0) is 11.3 Å². The molecule has 0 spiro atoms. The molecule has 2 saturated heterocycles. The standard InChI is InChI=1S/C18H20N4O2S2/c1-4-22-15(21-7-5-6-8-21)12(11(2)13(10-19)16(22)23)9-14-17(24)20(3)18(25)26-14/h9H,4-8H2,1-3H3/b14-9-. The Morgan fingerprint density at radius 2 is 1.96 bits per heavy atom. The molecule has 1 aromatic heterocycles. The smallest absolute Gasteiger partial charge is 0.270 e. The summed E-state index contributed by atoms with van der Waals surface area (Å²) in [6.45, 7) is 5.86. The van der Waals surface area contributed by atoms with Crippen molar-refractivity contribution in [1.29, 1.82) is 5.26 Å². The Balaban J connectivity index is 2.29. The minimum atomic E-state index is -0.269. The maximum absolute atomic E-state index is 12.8. The van der Waals surface area contributed by atoms with Crippen LogP contribution < -0.4 is 10.5 Å². The van der Waals surface area contributed by atoms with Crippen molar-refractivity contribution < 1.29 is 4.79 Å². The molecule has 2 aliphatic heterocycles. The molecule has 136 valence electrons. The van der Waals surface area contributed by atoms with Crippen LogP contribution in [0.5, 0.6) is 0 Å². The Morgan fingerprint density at radius 1 is 1.31 bits per heavy atom. The SMILES string of the molecule is CCn1c(N2CCCC2)c(/C=C2\SC(=S)N(C)C2=O)c(C)c(C#N)c1=O. The van der Waals surface area contributed by atoms with Crippen LogP contribution in [0, 0.1) is 18.3 Å². The first-order valence-corrected chi connectivity index (χ1v) is 9.77. The van der Waals surface area contributed by atoms with Crippen molar-refractivity contribution in [3.05, 3.63) is 31.9 Å². The molecule has 0 aromatic carbocycles. The Labute approximate surface area is 162 Å². The highest BCUT2D eigenvalue weighted by atomic mass is 32.2. The van der Waals surface area contributed by atoms with Gasteiger partial charge in [0.1, 0.15) is 21.8 Å². The third kappa shape index (κ3) is 2.95. The number of rotatable bonds is 3.